The summed E-state index contributed by atoms with van der Waals surface area (Å²) in [5.74, 6) is -1.09. The number of ether oxygens (including phenoxy) is 1. The van der Waals surface area contributed by atoms with Crippen LogP contribution in [0.5, 0.6) is 5.75 Å². The summed E-state index contributed by atoms with van der Waals surface area (Å²) in [6.45, 7) is 2.68. The number of amides is 1. The van der Waals surface area contributed by atoms with Crippen molar-refractivity contribution in [1.29, 1.82) is 0 Å². The molecular weight excluding hydrogens is 298 g/mol. The average molecular weight is 313 g/mol. The maximum Gasteiger partial charge on any atom is 0.335 e. The van der Waals surface area contributed by atoms with Crippen molar-refractivity contribution in [2.45, 2.75) is 18.6 Å². The van der Waals surface area contributed by atoms with Gasteiger partial charge in [-0.25, -0.2) is 17.5 Å². The van der Waals surface area contributed by atoms with Crippen molar-refractivity contribution in [2.75, 3.05) is 13.2 Å². The van der Waals surface area contributed by atoms with Gasteiger partial charge >= 0.3 is 5.97 Å². The van der Waals surface area contributed by atoms with E-state index in [1.165, 1.54) is 38.1 Å². The number of rotatable bonds is 5. The molecule has 1 saturated heterocycles. The fourth-order valence-electron chi connectivity index (χ4n) is 1.92. The van der Waals surface area contributed by atoms with E-state index in [9.17, 15) is 18.0 Å². The molecule has 0 saturated carbocycles. The summed E-state index contributed by atoms with van der Waals surface area (Å²) in [7, 11) is -3.60. The molecule has 1 heterocycles. The number of carboxylic acids is 1. The van der Waals surface area contributed by atoms with E-state index in [1.807, 2.05) is 0 Å². The highest BCUT2D eigenvalue weighted by molar-refractivity contribution is 7.94. The van der Waals surface area contributed by atoms with Crippen molar-refractivity contribution in [3.05, 3.63) is 29.8 Å². The van der Waals surface area contributed by atoms with Gasteiger partial charge in [0.25, 0.3) is 15.9 Å². The minimum atomic E-state index is -3.60. The van der Waals surface area contributed by atoms with Gasteiger partial charge in [-0.1, -0.05) is 0 Å². The number of carbonyl (C=O) groups is 2. The largest absolute Gasteiger partial charge is 0.492 e. The number of sulfonamides is 1. The molecule has 114 valence electrons. The molecule has 2 rings (SSSR count). The second kappa shape index (κ2) is 5.03. The Kier molecular flexibility index (Phi) is 3.66. The van der Waals surface area contributed by atoms with Crippen LogP contribution in [0.4, 0.5) is 0 Å². The van der Waals surface area contributed by atoms with Crippen molar-refractivity contribution in [1.82, 2.24) is 4.31 Å². The number of aromatic carboxylic acids is 1. The topological polar surface area (TPSA) is 101 Å². The fourth-order valence-corrected chi connectivity index (χ4v) is 3.43. The van der Waals surface area contributed by atoms with Gasteiger partial charge in [0.2, 0.25) is 0 Å². The summed E-state index contributed by atoms with van der Waals surface area (Å²) < 4.78 is 28.4. The molecule has 1 N–H and O–H groups in total. The lowest BCUT2D eigenvalue weighted by atomic mass is 10.2. The molecule has 0 radical (unpaired) electrons. The highest BCUT2D eigenvalue weighted by atomic mass is 32.2. The maximum absolute atomic E-state index is 11.8. The predicted octanol–water partition coefficient (Wildman–Crippen LogP) is 0.714. The molecule has 21 heavy (non-hydrogen) atoms. The van der Waals surface area contributed by atoms with E-state index in [1.54, 1.807) is 0 Å². The summed E-state index contributed by atoms with van der Waals surface area (Å²) in [5, 5.41) is 8.75. The molecule has 0 aromatic heterocycles. The van der Waals surface area contributed by atoms with Crippen molar-refractivity contribution < 1.29 is 27.9 Å². The Morgan fingerprint density at radius 3 is 2.33 bits per heavy atom. The molecule has 0 atom stereocenters. The normalized spacial score (nSPS) is 19.0. The molecule has 1 amide bonds. The lowest BCUT2D eigenvalue weighted by Crippen LogP contribution is -2.67. The third-order valence-corrected chi connectivity index (χ3v) is 5.73. The Labute approximate surface area is 122 Å². The van der Waals surface area contributed by atoms with Crippen LogP contribution in [0.15, 0.2) is 24.3 Å². The molecule has 8 heteroatoms. The monoisotopic (exact) mass is 313 g/mol. The Balaban J connectivity index is 1.91. The van der Waals surface area contributed by atoms with Crippen LogP contribution in [0.25, 0.3) is 0 Å². The molecule has 7 nitrogen and oxygen atoms in total. The van der Waals surface area contributed by atoms with Crippen LogP contribution in [-0.2, 0) is 14.8 Å². The van der Waals surface area contributed by atoms with Gasteiger partial charge < -0.3 is 9.84 Å². The molecule has 0 aliphatic carbocycles. The van der Waals surface area contributed by atoms with Crippen molar-refractivity contribution in [2.24, 2.45) is 0 Å². The van der Waals surface area contributed by atoms with E-state index < -0.39 is 26.6 Å². The summed E-state index contributed by atoms with van der Waals surface area (Å²) in [4.78, 5) is 22.4. The Bertz CT molecular complexity index is 677. The number of nitrogens with zero attached hydrogens (tertiary/aromatic N) is 1. The molecule has 1 fully saturated rings. The van der Waals surface area contributed by atoms with Gasteiger partial charge in [-0.2, -0.15) is 0 Å². The van der Waals surface area contributed by atoms with Crippen LogP contribution >= 0.6 is 0 Å². The van der Waals surface area contributed by atoms with Crippen molar-refractivity contribution in [3.8, 4) is 5.75 Å². The van der Waals surface area contributed by atoms with Crippen LogP contribution < -0.4 is 4.74 Å². The first-order chi connectivity index (χ1) is 9.68. The zero-order valence-electron chi connectivity index (χ0n) is 11.6. The number of hydrogen-bond donors (Lipinski definition) is 1. The Morgan fingerprint density at radius 1 is 1.29 bits per heavy atom. The lowest BCUT2D eigenvalue weighted by molar-refractivity contribution is -0.132. The molecule has 1 aliphatic rings. The molecule has 0 bridgehead atoms. The third-order valence-electron chi connectivity index (χ3n) is 3.34. The van der Waals surface area contributed by atoms with Crippen LogP contribution in [0, 0.1) is 0 Å². The first-order valence-electron chi connectivity index (χ1n) is 6.21. The molecule has 1 aromatic carbocycles. The van der Waals surface area contributed by atoms with Crippen LogP contribution in [-0.4, -0.2) is 47.6 Å². The SMILES string of the molecule is CC1(C)C(=O)N(CCOc2ccc(C(=O)O)cc2)S1(=O)=O. The lowest BCUT2D eigenvalue weighted by Gasteiger charge is -2.42. The Hall–Kier alpha value is -2.09. The highest BCUT2D eigenvalue weighted by Gasteiger charge is 2.59. The third kappa shape index (κ3) is 2.46. The van der Waals surface area contributed by atoms with Crippen molar-refractivity contribution in [3.63, 3.8) is 0 Å². The average Bonchev–Trinajstić information content (AvgIpc) is 2.43. The van der Waals surface area contributed by atoms with E-state index in [4.69, 9.17) is 9.84 Å². The molecule has 1 aromatic rings. The maximum atomic E-state index is 11.8. The summed E-state index contributed by atoms with van der Waals surface area (Å²) in [5.41, 5.74) is 0.129. The van der Waals surface area contributed by atoms with Gasteiger partial charge in [-0.05, 0) is 38.1 Å². The summed E-state index contributed by atoms with van der Waals surface area (Å²) in [6.07, 6.45) is 0. The first kappa shape index (κ1) is 15.3. The summed E-state index contributed by atoms with van der Waals surface area (Å²) >= 11 is 0. The van der Waals surface area contributed by atoms with Crippen LogP contribution in [0.3, 0.4) is 0 Å². The quantitative estimate of drug-likeness (QED) is 0.859. The minimum absolute atomic E-state index is 0.00741. The standard InChI is InChI=1S/C13H15NO6S/c1-13(2)12(17)14(21(13,18)19)7-8-20-10-5-3-9(4-6-10)11(15)16/h3-6H,7-8H2,1-2H3,(H,15,16). The van der Waals surface area contributed by atoms with E-state index in [0.717, 1.165) is 4.31 Å². The second-order valence-electron chi connectivity index (χ2n) is 5.07. The number of carboxylic acid groups (broad SMARTS) is 1. The van der Waals surface area contributed by atoms with E-state index in [-0.39, 0.29) is 18.7 Å². The smallest absolute Gasteiger partial charge is 0.335 e. The highest BCUT2D eigenvalue weighted by Crippen LogP contribution is 2.34. The predicted molar refractivity (Wildman–Crippen MR) is 73.6 cm³/mol. The molecular formula is C13H15NO6S. The van der Waals surface area contributed by atoms with E-state index >= 15 is 0 Å². The van der Waals surface area contributed by atoms with Gasteiger partial charge in [0.05, 0.1) is 12.1 Å². The van der Waals surface area contributed by atoms with Gasteiger partial charge in [0.1, 0.15) is 12.4 Å². The zero-order chi connectivity index (χ0) is 15.8. The van der Waals surface area contributed by atoms with Gasteiger partial charge in [-0.3, -0.25) is 4.79 Å². The number of hydrogen-bond acceptors (Lipinski definition) is 5. The molecule has 0 spiro atoms. The van der Waals surface area contributed by atoms with E-state index in [2.05, 4.69) is 0 Å². The second-order valence-corrected chi connectivity index (χ2v) is 7.48. The minimum Gasteiger partial charge on any atom is -0.492 e. The van der Waals surface area contributed by atoms with Gasteiger partial charge in [0, 0.05) is 0 Å². The van der Waals surface area contributed by atoms with E-state index in [0.29, 0.717) is 5.75 Å². The molecule has 0 unspecified atom stereocenters. The number of benzene rings is 1. The van der Waals surface area contributed by atoms with Crippen molar-refractivity contribution >= 4 is 21.9 Å². The van der Waals surface area contributed by atoms with Gasteiger partial charge in [0.15, 0.2) is 4.75 Å². The Morgan fingerprint density at radius 2 is 1.86 bits per heavy atom. The summed E-state index contributed by atoms with van der Waals surface area (Å²) in [6, 6.07) is 5.71. The van der Waals surface area contributed by atoms with Crippen LogP contribution in [0.1, 0.15) is 24.2 Å². The van der Waals surface area contributed by atoms with Gasteiger partial charge in [-0.15, -0.1) is 0 Å². The first-order valence-corrected chi connectivity index (χ1v) is 7.65. The number of carbonyl (C=O) groups excluding carboxylic acids is 1. The fraction of sp³-hybridized carbons (Fsp3) is 0.385. The zero-order valence-corrected chi connectivity index (χ0v) is 12.4. The molecule has 1 aliphatic heterocycles. The van der Waals surface area contributed by atoms with Crippen LogP contribution in [0.2, 0.25) is 0 Å².